The van der Waals surface area contributed by atoms with Crippen LogP contribution in [0.15, 0.2) is 24.3 Å². The SMILES string of the molecule is CCCn1nc(C)c(N)c1NCc1ccccc1CC. The molecule has 1 aromatic carbocycles. The summed E-state index contributed by atoms with van der Waals surface area (Å²) in [5.41, 5.74) is 10.5. The van der Waals surface area contributed by atoms with Crippen molar-refractivity contribution in [2.75, 3.05) is 11.1 Å². The zero-order valence-electron chi connectivity index (χ0n) is 12.6. The van der Waals surface area contributed by atoms with Gasteiger partial charge in [0, 0.05) is 13.1 Å². The van der Waals surface area contributed by atoms with E-state index in [0.29, 0.717) is 0 Å². The standard InChI is InChI=1S/C16H24N4/c1-4-10-20-16(15(17)12(3)19-20)18-11-14-9-7-6-8-13(14)5-2/h6-9,18H,4-5,10-11,17H2,1-3H3. The van der Waals surface area contributed by atoms with Gasteiger partial charge in [-0.15, -0.1) is 0 Å². The summed E-state index contributed by atoms with van der Waals surface area (Å²) in [6.45, 7) is 7.94. The third-order valence-corrected chi connectivity index (χ3v) is 3.55. The van der Waals surface area contributed by atoms with Crippen LogP contribution in [-0.4, -0.2) is 9.78 Å². The fraction of sp³-hybridized carbons (Fsp3) is 0.438. The summed E-state index contributed by atoms with van der Waals surface area (Å²) in [5, 5.41) is 7.94. The monoisotopic (exact) mass is 272 g/mol. The molecule has 108 valence electrons. The Kier molecular flexibility index (Phi) is 4.66. The predicted octanol–water partition coefficient (Wildman–Crippen LogP) is 3.36. The van der Waals surface area contributed by atoms with Crippen LogP contribution >= 0.6 is 0 Å². The summed E-state index contributed by atoms with van der Waals surface area (Å²) in [5.74, 6) is 0.940. The summed E-state index contributed by atoms with van der Waals surface area (Å²) in [6.07, 6.45) is 2.08. The Morgan fingerprint density at radius 3 is 2.55 bits per heavy atom. The van der Waals surface area contributed by atoms with E-state index in [1.54, 1.807) is 0 Å². The first-order chi connectivity index (χ1) is 9.67. The zero-order valence-corrected chi connectivity index (χ0v) is 12.6. The normalized spacial score (nSPS) is 10.8. The van der Waals surface area contributed by atoms with E-state index in [-0.39, 0.29) is 0 Å². The van der Waals surface area contributed by atoms with Crippen LogP contribution in [0.2, 0.25) is 0 Å². The summed E-state index contributed by atoms with van der Waals surface area (Å²) in [7, 11) is 0. The molecule has 0 amide bonds. The minimum Gasteiger partial charge on any atom is -0.394 e. The number of nitrogen functional groups attached to an aromatic ring is 1. The van der Waals surface area contributed by atoms with Crippen LogP contribution in [0, 0.1) is 6.92 Å². The van der Waals surface area contributed by atoms with Gasteiger partial charge in [-0.3, -0.25) is 0 Å². The number of anilines is 2. The highest BCUT2D eigenvalue weighted by atomic mass is 15.3. The lowest BCUT2D eigenvalue weighted by Gasteiger charge is -2.12. The highest BCUT2D eigenvalue weighted by molar-refractivity contribution is 5.64. The van der Waals surface area contributed by atoms with Gasteiger partial charge in [-0.25, -0.2) is 4.68 Å². The maximum Gasteiger partial charge on any atom is 0.148 e. The fourth-order valence-electron chi connectivity index (χ4n) is 2.41. The van der Waals surface area contributed by atoms with Crippen LogP contribution in [0.3, 0.4) is 0 Å². The molecule has 0 spiro atoms. The molecule has 0 atom stereocenters. The maximum absolute atomic E-state index is 6.12. The number of nitrogens with zero attached hydrogens (tertiary/aromatic N) is 2. The fourth-order valence-corrected chi connectivity index (χ4v) is 2.41. The number of nitrogens with one attached hydrogen (secondary N) is 1. The molecule has 0 saturated heterocycles. The Hall–Kier alpha value is -1.97. The lowest BCUT2D eigenvalue weighted by atomic mass is 10.1. The molecule has 1 heterocycles. The minimum atomic E-state index is 0.757. The van der Waals surface area contributed by atoms with E-state index in [0.717, 1.165) is 43.1 Å². The lowest BCUT2D eigenvalue weighted by molar-refractivity contribution is 0.602. The van der Waals surface area contributed by atoms with Crippen molar-refractivity contribution in [3.05, 3.63) is 41.1 Å². The lowest BCUT2D eigenvalue weighted by Crippen LogP contribution is -2.10. The summed E-state index contributed by atoms with van der Waals surface area (Å²) < 4.78 is 1.97. The first-order valence-corrected chi connectivity index (χ1v) is 7.30. The smallest absolute Gasteiger partial charge is 0.148 e. The number of rotatable bonds is 6. The molecular weight excluding hydrogens is 248 g/mol. The van der Waals surface area contributed by atoms with Crippen LogP contribution in [0.4, 0.5) is 11.5 Å². The van der Waals surface area contributed by atoms with Crippen molar-refractivity contribution in [1.82, 2.24) is 9.78 Å². The number of hydrogen-bond acceptors (Lipinski definition) is 3. The van der Waals surface area contributed by atoms with Crippen LogP contribution in [0.5, 0.6) is 0 Å². The van der Waals surface area contributed by atoms with Crippen molar-refractivity contribution in [1.29, 1.82) is 0 Å². The van der Waals surface area contributed by atoms with Gasteiger partial charge in [-0.05, 0) is 30.9 Å². The van der Waals surface area contributed by atoms with Gasteiger partial charge in [0.25, 0.3) is 0 Å². The molecule has 0 unspecified atom stereocenters. The van der Waals surface area contributed by atoms with E-state index in [1.165, 1.54) is 11.1 Å². The third-order valence-electron chi connectivity index (χ3n) is 3.55. The van der Waals surface area contributed by atoms with Crippen LogP contribution < -0.4 is 11.1 Å². The summed E-state index contributed by atoms with van der Waals surface area (Å²) in [4.78, 5) is 0. The molecule has 2 aromatic rings. The molecule has 2 rings (SSSR count). The topological polar surface area (TPSA) is 55.9 Å². The molecule has 4 nitrogen and oxygen atoms in total. The van der Waals surface area contributed by atoms with Crippen molar-refractivity contribution in [3.63, 3.8) is 0 Å². The van der Waals surface area contributed by atoms with Crippen molar-refractivity contribution in [2.24, 2.45) is 0 Å². The Bertz CT molecular complexity index is 572. The number of aromatic nitrogens is 2. The molecule has 0 aliphatic carbocycles. The number of nitrogens with two attached hydrogens (primary N) is 1. The summed E-state index contributed by atoms with van der Waals surface area (Å²) in [6, 6.07) is 8.50. The molecule has 0 fully saturated rings. The van der Waals surface area contributed by atoms with Crippen molar-refractivity contribution >= 4 is 11.5 Å². The minimum absolute atomic E-state index is 0.757. The number of aryl methyl sites for hydroxylation is 3. The van der Waals surface area contributed by atoms with Gasteiger partial charge in [0.05, 0.1) is 11.4 Å². The van der Waals surface area contributed by atoms with E-state index < -0.39 is 0 Å². The third kappa shape index (κ3) is 2.95. The van der Waals surface area contributed by atoms with E-state index >= 15 is 0 Å². The quantitative estimate of drug-likeness (QED) is 0.847. The van der Waals surface area contributed by atoms with Gasteiger partial charge in [0.2, 0.25) is 0 Å². The maximum atomic E-state index is 6.12. The molecular formula is C16H24N4. The second-order valence-corrected chi connectivity index (χ2v) is 5.05. The van der Waals surface area contributed by atoms with E-state index in [9.17, 15) is 0 Å². The van der Waals surface area contributed by atoms with Crippen molar-refractivity contribution in [2.45, 2.75) is 46.7 Å². The van der Waals surface area contributed by atoms with E-state index in [2.05, 4.69) is 48.5 Å². The predicted molar refractivity (Wildman–Crippen MR) is 84.8 cm³/mol. The average Bonchev–Trinajstić information content (AvgIpc) is 2.72. The summed E-state index contributed by atoms with van der Waals surface area (Å²) >= 11 is 0. The molecule has 4 heteroatoms. The molecule has 1 aromatic heterocycles. The molecule has 0 radical (unpaired) electrons. The highest BCUT2D eigenvalue weighted by Gasteiger charge is 2.12. The van der Waals surface area contributed by atoms with Crippen LogP contribution in [-0.2, 0) is 19.5 Å². The molecule has 3 N–H and O–H groups in total. The Labute approximate surface area is 121 Å². The second kappa shape index (κ2) is 6.46. The molecule has 0 saturated carbocycles. The first-order valence-electron chi connectivity index (χ1n) is 7.30. The molecule has 20 heavy (non-hydrogen) atoms. The van der Waals surface area contributed by atoms with E-state index in [1.807, 2.05) is 11.6 Å². The molecule has 0 aliphatic heterocycles. The Balaban J connectivity index is 2.18. The zero-order chi connectivity index (χ0) is 14.5. The largest absolute Gasteiger partial charge is 0.394 e. The van der Waals surface area contributed by atoms with Gasteiger partial charge in [-0.2, -0.15) is 5.10 Å². The van der Waals surface area contributed by atoms with Gasteiger partial charge in [-0.1, -0.05) is 38.1 Å². The average molecular weight is 272 g/mol. The van der Waals surface area contributed by atoms with Crippen molar-refractivity contribution < 1.29 is 0 Å². The highest BCUT2D eigenvalue weighted by Crippen LogP contribution is 2.23. The van der Waals surface area contributed by atoms with Crippen molar-refractivity contribution in [3.8, 4) is 0 Å². The Morgan fingerprint density at radius 2 is 1.90 bits per heavy atom. The second-order valence-electron chi connectivity index (χ2n) is 5.05. The van der Waals surface area contributed by atoms with Crippen LogP contribution in [0.1, 0.15) is 37.1 Å². The van der Waals surface area contributed by atoms with E-state index in [4.69, 9.17) is 5.73 Å². The molecule has 0 aliphatic rings. The van der Waals surface area contributed by atoms with Gasteiger partial charge < -0.3 is 11.1 Å². The van der Waals surface area contributed by atoms with Crippen LogP contribution in [0.25, 0.3) is 0 Å². The van der Waals surface area contributed by atoms with Gasteiger partial charge >= 0.3 is 0 Å². The number of hydrogen-bond donors (Lipinski definition) is 2. The Morgan fingerprint density at radius 1 is 1.20 bits per heavy atom. The van der Waals surface area contributed by atoms with Gasteiger partial charge in [0.1, 0.15) is 5.82 Å². The number of benzene rings is 1. The first kappa shape index (κ1) is 14.4. The van der Waals surface area contributed by atoms with Gasteiger partial charge in [0.15, 0.2) is 0 Å². The molecule has 0 bridgehead atoms.